The van der Waals surface area contributed by atoms with Gasteiger partial charge in [-0.3, -0.25) is 4.79 Å². The predicted molar refractivity (Wildman–Crippen MR) is 115 cm³/mol. The number of fused-ring (bicyclic) bond motifs is 1. The molecule has 2 heterocycles. The van der Waals surface area contributed by atoms with Crippen molar-refractivity contribution in [2.75, 3.05) is 13.1 Å². The van der Waals surface area contributed by atoms with Crippen LogP contribution in [-0.2, 0) is 10.0 Å². The van der Waals surface area contributed by atoms with E-state index in [9.17, 15) is 13.2 Å². The third-order valence-electron chi connectivity index (χ3n) is 5.44. The van der Waals surface area contributed by atoms with Gasteiger partial charge in [0.2, 0.25) is 10.0 Å². The summed E-state index contributed by atoms with van der Waals surface area (Å²) in [6.07, 6.45) is 1.69. The fourth-order valence-corrected chi connectivity index (χ4v) is 5.31. The average Bonchev–Trinajstić information content (AvgIpc) is 2.73. The highest BCUT2D eigenvalue weighted by atomic mass is 35.5. The van der Waals surface area contributed by atoms with Crippen LogP contribution < -0.4 is 0 Å². The molecule has 0 unspecified atom stereocenters. The third kappa shape index (κ3) is 3.92. The van der Waals surface area contributed by atoms with Crippen molar-refractivity contribution in [2.24, 2.45) is 5.92 Å². The normalized spacial score (nSPS) is 16.2. The Morgan fingerprint density at radius 2 is 1.76 bits per heavy atom. The molecule has 29 heavy (non-hydrogen) atoms. The van der Waals surface area contributed by atoms with Crippen LogP contribution in [0, 0.1) is 5.92 Å². The van der Waals surface area contributed by atoms with Gasteiger partial charge in [-0.05, 0) is 54.6 Å². The number of piperidine rings is 1. The monoisotopic (exact) mass is 428 g/mol. The van der Waals surface area contributed by atoms with Crippen molar-refractivity contribution in [3.05, 3.63) is 60.2 Å². The fraction of sp³-hybridized carbons (Fsp3) is 0.273. The number of carbonyl (C=O) groups is 1. The molecule has 0 saturated carbocycles. The molecule has 0 bridgehead atoms. The first-order chi connectivity index (χ1) is 13.9. The zero-order chi connectivity index (χ0) is 20.6. The molecule has 1 saturated heterocycles. The summed E-state index contributed by atoms with van der Waals surface area (Å²) < 4.78 is 27.7. The summed E-state index contributed by atoms with van der Waals surface area (Å²) in [7, 11) is -3.63. The highest BCUT2D eigenvalue weighted by molar-refractivity contribution is 7.89. The summed E-state index contributed by atoms with van der Waals surface area (Å²) in [4.78, 5) is 16.9. The second-order valence-electron chi connectivity index (χ2n) is 7.46. The van der Waals surface area contributed by atoms with Crippen LogP contribution in [0.3, 0.4) is 0 Å². The standard InChI is InChI=1S/C22H21ClN2O3S/c1-15-9-11-25(12-10-15)29(27,28)17-7-8-20-18(13-17)19(22(23)26)14-21(24-20)16-5-3-2-4-6-16/h2-8,13-15H,9-12H2,1H3. The highest BCUT2D eigenvalue weighted by Crippen LogP contribution is 2.30. The largest absolute Gasteiger partial charge is 0.276 e. The molecule has 4 rings (SSSR count). The average molecular weight is 429 g/mol. The molecule has 1 aliphatic rings. The van der Waals surface area contributed by atoms with Crippen LogP contribution in [0.15, 0.2) is 59.5 Å². The Bertz CT molecular complexity index is 1170. The van der Waals surface area contributed by atoms with Gasteiger partial charge >= 0.3 is 0 Å². The van der Waals surface area contributed by atoms with Crippen LogP contribution in [0.4, 0.5) is 0 Å². The number of aromatic nitrogens is 1. The maximum Gasteiger partial charge on any atom is 0.253 e. The maximum absolute atomic E-state index is 13.1. The lowest BCUT2D eigenvalue weighted by atomic mass is 10.0. The minimum atomic E-state index is -3.63. The third-order valence-corrected chi connectivity index (χ3v) is 7.54. The molecule has 0 radical (unpaired) electrons. The second kappa shape index (κ2) is 7.86. The first-order valence-corrected chi connectivity index (χ1v) is 11.4. The Balaban J connectivity index is 1.81. The lowest BCUT2D eigenvalue weighted by Gasteiger charge is -2.29. The van der Waals surface area contributed by atoms with E-state index in [1.165, 1.54) is 10.4 Å². The lowest BCUT2D eigenvalue weighted by molar-refractivity contribution is 0.108. The molecule has 7 heteroatoms. The fourth-order valence-electron chi connectivity index (χ4n) is 3.66. The Hall–Kier alpha value is -2.28. The molecule has 5 nitrogen and oxygen atoms in total. The van der Waals surface area contributed by atoms with Crippen LogP contribution >= 0.6 is 11.6 Å². The summed E-state index contributed by atoms with van der Waals surface area (Å²) >= 11 is 5.85. The summed E-state index contributed by atoms with van der Waals surface area (Å²) in [6.45, 7) is 3.15. The van der Waals surface area contributed by atoms with Crippen LogP contribution in [0.1, 0.15) is 30.1 Å². The predicted octanol–water partition coefficient (Wildman–Crippen LogP) is 4.70. The molecular weight excluding hydrogens is 408 g/mol. The minimum absolute atomic E-state index is 0.160. The Labute approximate surface area is 175 Å². The first kappa shape index (κ1) is 20.0. The summed E-state index contributed by atoms with van der Waals surface area (Å²) in [5.41, 5.74) is 2.25. The van der Waals surface area contributed by atoms with E-state index in [1.807, 2.05) is 30.3 Å². The van der Waals surface area contributed by atoms with Gasteiger partial charge in [0.1, 0.15) is 0 Å². The van der Waals surface area contributed by atoms with E-state index in [-0.39, 0.29) is 10.5 Å². The number of sulfonamides is 1. The van der Waals surface area contributed by atoms with Crippen molar-refractivity contribution in [1.29, 1.82) is 0 Å². The second-order valence-corrected chi connectivity index (χ2v) is 9.74. The van der Waals surface area contributed by atoms with E-state index in [1.54, 1.807) is 18.2 Å². The van der Waals surface area contributed by atoms with Gasteiger partial charge in [0.15, 0.2) is 0 Å². The zero-order valence-electron chi connectivity index (χ0n) is 16.0. The van der Waals surface area contributed by atoms with Crippen molar-refractivity contribution in [3.63, 3.8) is 0 Å². The Morgan fingerprint density at radius 1 is 1.07 bits per heavy atom. The number of nitrogens with zero attached hydrogens (tertiary/aromatic N) is 2. The number of hydrogen-bond acceptors (Lipinski definition) is 4. The number of pyridine rings is 1. The topological polar surface area (TPSA) is 67.3 Å². The van der Waals surface area contributed by atoms with Gasteiger partial charge in [0.25, 0.3) is 5.24 Å². The molecule has 0 spiro atoms. The molecular formula is C22H21ClN2O3S. The van der Waals surface area contributed by atoms with Gasteiger partial charge in [0, 0.05) is 29.6 Å². The van der Waals surface area contributed by atoms with Gasteiger partial charge < -0.3 is 0 Å². The quantitative estimate of drug-likeness (QED) is 0.565. The molecule has 3 aromatic rings. The summed E-state index contributed by atoms with van der Waals surface area (Å²) in [5, 5.41) is -0.202. The van der Waals surface area contributed by atoms with Crippen molar-refractivity contribution >= 4 is 37.8 Å². The lowest BCUT2D eigenvalue weighted by Crippen LogP contribution is -2.37. The Morgan fingerprint density at radius 3 is 2.41 bits per heavy atom. The van der Waals surface area contributed by atoms with Crippen LogP contribution in [0.2, 0.25) is 0 Å². The number of halogens is 1. The Kier molecular flexibility index (Phi) is 5.42. The molecule has 0 N–H and O–H groups in total. The van der Waals surface area contributed by atoms with Crippen LogP contribution in [0.5, 0.6) is 0 Å². The van der Waals surface area contributed by atoms with E-state index in [4.69, 9.17) is 11.6 Å². The SMILES string of the molecule is CC1CCN(S(=O)(=O)c2ccc3nc(-c4ccccc4)cc(C(=O)Cl)c3c2)CC1. The van der Waals surface area contributed by atoms with E-state index >= 15 is 0 Å². The summed E-state index contributed by atoms with van der Waals surface area (Å²) in [5.74, 6) is 0.527. The van der Waals surface area contributed by atoms with Crippen molar-refractivity contribution in [2.45, 2.75) is 24.7 Å². The van der Waals surface area contributed by atoms with Gasteiger partial charge in [-0.25, -0.2) is 13.4 Å². The number of rotatable bonds is 4. The van der Waals surface area contributed by atoms with Gasteiger partial charge in [-0.1, -0.05) is 37.3 Å². The molecule has 2 aromatic carbocycles. The maximum atomic E-state index is 13.1. The molecule has 150 valence electrons. The van der Waals surface area contributed by atoms with E-state index < -0.39 is 15.3 Å². The van der Waals surface area contributed by atoms with E-state index in [2.05, 4.69) is 11.9 Å². The molecule has 1 aromatic heterocycles. The molecule has 1 fully saturated rings. The number of benzene rings is 2. The van der Waals surface area contributed by atoms with Crippen LogP contribution in [-0.4, -0.2) is 36.0 Å². The van der Waals surface area contributed by atoms with Crippen molar-refractivity contribution in [1.82, 2.24) is 9.29 Å². The first-order valence-electron chi connectivity index (χ1n) is 9.56. The molecule has 1 aliphatic heterocycles. The van der Waals surface area contributed by atoms with E-state index in [0.29, 0.717) is 35.6 Å². The van der Waals surface area contributed by atoms with Crippen LogP contribution in [0.25, 0.3) is 22.2 Å². The number of hydrogen-bond donors (Lipinski definition) is 0. The number of carbonyl (C=O) groups excluding carboxylic acids is 1. The molecule has 0 amide bonds. The van der Waals surface area contributed by atoms with Crippen molar-refractivity contribution in [3.8, 4) is 11.3 Å². The van der Waals surface area contributed by atoms with E-state index in [0.717, 1.165) is 18.4 Å². The smallest absolute Gasteiger partial charge is 0.253 e. The summed E-state index contributed by atoms with van der Waals surface area (Å²) in [6, 6.07) is 15.8. The van der Waals surface area contributed by atoms with Gasteiger partial charge in [-0.2, -0.15) is 4.31 Å². The molecule has 0 atom stereocenters. The van der Waals surface area contributed by atoms with Crippen molar-refractivity contribution < 1.29 is 13.2 Å². The molecule has 0 aliphatic carbocycles. The highest BCUT2D eigenvalue weighted by Gasteiger charge is 2.28. The zero-order valence-corrected chi connectivity index (χ0v) is 17.6. The minimum Gasteiger partial charge on any atom is -0.276 e. The van der Waals surface area contributed by atoms with Gasteiger partial charge in [-0.15, -0.1) is 0 Å². The van der Waals surface area contributed by atoms with Gasteiger partial charge in [0.05, 0.1) is 16.1 Å².